The first-order chi connectivity index (χ1) is 9.22. The van der Waals surface area contributed by atoms with Gasteiger partial charge in [0.15, 0.2) is 0 Å². The number of carbonyl (C=O) groups is 2. The number of imidazole rings is 1. The van der Waals surface area contributed by atoms with Crippen LogP contribution in [0.15, 0.2) is 43.2 Å². The van der Waals surface area contributed by atoms with Gasteiger partial charge in [0.05, 0.1) is 11.0 Å². The van der Waals surface area contributed by atoms with Gasteiger partial charge < -0.3 is 5.32 Å². The van der Waals surface area contributed by atoms with Crippen molar-refractivity contribution in [2.24, 2.45) is 0 Å². The lowest BCUT2D eigenvalue weighted by atomic mass is 10.2. The van der Waals surface area contributed by atoms with Crippen LogP contribution in [0.25, 0.3) is 11.0 Å². The summed E-state index contributed by atoms with van der Waals surface area (Å²) in [5.41, 5.74) is 1.61. The number of nitrogens with one attached hydrogen (secondary N) is 1. The molecule has 1 amide bonds. The number of fused-ring (bicyclic) bond motifs is 1. The first-order valence-corrected chi connectivity index (χ1v) is 6.08. The summed E-state index contributed by atoms with van der Waals surface area (Å²) in [7, 11) is 0. The first kappa shape index (κ1) is 13.0. The molecule has 0 saturated heterocycles. The van der Waals surface area contributed by atoms with Gasteiger partial charge in [0.1, 0.15) is 6.33 Å². The van der Waals surface area contributed by atoms with Gasteiger partial charge in [-0.15, -0.1) is 0 Å². The highest BCUT2D eigenvalue weighted by Crippen LogP contribution is 2.12. The number of nitrogens with zero attached hydrogens (tertiary/aromatic N) is 2. The van der Waals surface area contributed by atoms with Crippen LogP contribution < -0.4 is 5.32 Å². The third-order valence-electron chi connectivity index (χ3n) is 2.77. The number of amides is 1. The second-order valence-corrected chi connectivity index (χ2v) is 4.10. The van der Waals surface area contributed by atoms with Crippen LogP contribution in [0.3, 0.4) is 0 Å². The molecule has 1 aromatic carbocycles. The maximum Gasteiger partial charge on any atom is 0.243 e. The average molecular weight is 257 g/mol. The zero-order valence-electron chi connectivity index (χ0n) is 10.5. The van der Waals surface area contributed by atoms with E-state index in [4.69, 9.17) is 0 Å². The predicted molar refractivity (Wildman–Crippen MR) is 72.8 cm³/mol. The molecule has 5 heteroatoms. The van der Waals surface area contributed by atoms with Gasteiger partial charge in [-0.2, -0.15) is 0 Å². The fourth-order valence-corrected chi connectivity index (χ4v) is 1.80. The minimum Gasteiger partial charge on any atom is -0.353 e. The van der Waals surface area contributed by atoms with E-state index < -0.39 is 0 Å². The molecule has 0 radical (unpaired) electrons. The summed E-state index contributed by atoms with van der Waals surface area (Å²) in [6.45, 7) is 3.82. The van der Waals surface area contributed by atoms with E-state index >= 15 is 0 Å². The highest BCUT2D eigenvalue weighted by Gasteiger charge is 2.09. The van der Waals surface area contributed by atoms with Crippen LogP contribution in [0.5, 0.6) is 0 Å². The molecule has 1 N–H and O–H groups in total. The number of aromatic nitrogens is 2. The Morgan fingerprint density at radius 2 is 2.16 bits per heavy atom. The van der Waals surface area contributed by atoms with Crippen molar-refractivity contribution in [1.82, 2.24) is 14.9 Å². The minimum absolute atomic E-state index is 0.0263. The molecule has 0 bridgehead atoms. The van der Waals surface area contributed by atoms with E-state index in [1.165, 1.54) is 12.4 Å². The molecule has 2 rings (SSSR count). The molecule has 98 valence electrons. The molecular formula is C14H15N3O2. The number of benzene rings is 1. The van der Waals surface area contributed by atoms with Gasteiger partial charge in [-0.3, -0.25) is 14.2 Å². The molecule has 0 unspecified atom stereocenters. The maximum absolute atomic E-state index is 12.0. The van der Waals surface area contributed by atoms with Crippen LogP contribution in [-0.4, -0.2) is 27.9 Å². The summed E-state index contributed by atoms with van der Waals surface area (Å²) in [6, 6.07) is 7.48. The van der Waals surface area contributed by atoms with E-state index in [1.54, 1.807) is 4.57 Å². The second-order valence-electron chi connectivity index (χ2n) is 4.10. The smallest absolute Gasteiger partial charge is 0.243 e. The Labute approximate surface area is 110 Å². The Morgan fingerprint density at radius 1 is 1.37 bits per heavy atom. The lowest BCUT2D eigenvalue weighted by molar-refractivity contribution is -0.116. The van der Waals surface area contributed by atoms with E-state index in [1.807, 2.05) is 24.3 Å². The fraction of sp³-hybridized carbons (Fsp3) is 0.214. The van der Waals surface area contributed by atoms with E-state index in [-0.39, 0.29) is 11.8 Å². The molecule has 0 fully saturated rings. The first-order valence-electron chi connectivity index (χ1n) is 6.08. The summed E-state index contributed by atoms with van der Waals surface area (Å²) in [4.78, 5) is 27.1. The molecule has 19 heavy (non-hydrogen) atoms. The zero-order chi connectivity index (χ0) is 13.7. The molecule has 0 saturated carbocycles. The highest BCUT2D eigenvalue weighted by molar-refractivity contribution is 5.90. The van der Waals surface area contributed by atoms with E-state index in [0.29, 0.717) is 19.4 Å². The van der Waals surface area contributed by atoms with Gasteiger partial charge in [0, 0.05) is 13.0 Å². The van der Waals surface area contributed by atoms with Crippen molar-refractivity contribution in [3.05, 3.63) is 43.2 Å². The third-order valence-corrected chi connectivity index (χ3v) is 2.77. The van der Waals surface area contributed by atoms with E-state index in [0.717, 1.165) is 11.0 Å². The van der Waals surface area contributed by atoms with Crippen LogP contribution in [0.2, 0.25) is 0 Å². The van der Waals surface area contributed by atoms with Crippen LogP contribution >= 0.6 is 0 Å². The summed E-state index contributed by atoms with van der Waals surface area (Å²) < 4.78 is 1.55. The highest BCUT2D eigenvalue weighted by atomic mass is 16.2. The molecular weight excluding hydrogens is 242 g/mol. The third kappa shape index (κ3) is 3.07. The van der Waals surface area contributed by atoms with Gasteiger partial charge in [-0.1, -0.05) is 18.7 Å². The SMILES string of the molecule is C=CC(=O)NCCCC(=O)n1cnc2ccccc21. The monoisotopic (exact) mass is 257 g/mol. The number of carbonyl (C=O) groups excluding carboxylic acids is 2. The van der Waals surface area contributed by atoms with Crippen molar-refractivity contribution in [1.29, 1.82) is 0 Å². The summed E-state index contributed by atoms with van der Waals surface area (Å²) in [5, 5.41) is 2.64. The van der Waals surface area contributed by atoms with Crippen LogP contribution in [0, 0.1) is 0 Å². The molecule has 2 aromatic rings. The van der Waals surface area contributed by atoms with Gasteiger partial charge >= 0.3 is 0 Å². The second kappa shape index (κ2) is 5.95. The Balaban J connectivity index is 1.93. The Kier molecular flexibility index (Phi) is 4.07. The van der Waals surface area contributed by atoms with Crippen molar-refractivity contribution >= 4 is 22.8 Å². The lowest BCUT2D eigenvalue weighted by Gasteiger charge is -2.04. The average Bonchev–Trinajstić information content (AvgIpc) is 2.87. The normalized spacial score (nSPS) is 10.3. The number of para-hydroxylation sites is 2. The van der Waals surface area contributed by atoms with E-state index in [9.17, 15) is 9.59 Å². The van der Waals surface area contributed by atoms with Crippen LogP contribution in [-0.2, 0) is 4.79 Å². The van der Waals surface area contributed by atoms with Gasteiger partial charge in [0.2, 0.25) is 11.8 Å². The Morgan fingerprint density at radius 3 is 2.95 bits per heavy atom. The number of hydrogen-bond acceptors (Lipinski definition) is 3. The van der Waals surface area contributed by atoms with Gasteiger partial charge in [-0.25, -0.2) is 4.98 Å². The predicted octanol–water partition coefficient (Wildman–Crippen LogP) is 1.76. The zero-order valence-corrected chi connectivity index (χ0v) is 10.5. The van der Waals surface area contributed by atoms with Crippen molar-refractivity contribution in [2.45, 2.75) is 12.8 Å². The summed E-state index contributed by atoms with van der Waals surface area (Å²) in [6.07, 6.45) is 3.70. The molecule has 1 heterocycles. The molecule has 0 aliphatic rings. The molecule has 0 aliphatic heterocycles. The topological polar surface area (TPSA) is 64.0 Å². The van der Waals surface area contributed by atoms with E-state index in [2.05, 4.69) is 16.9 Å². The Bertz CT molecular complexity index is 616. The Hall–Kier alpha value is -2.43. The van der Waals surface area contributed by atoms with Crippen molar-refractivity contribution < 1.29 is 9.59 Å². The molecule has 0 spiro atoms. The summed E-state index contributed by atoms with van der Waals surface area (Å²) >= 11 is 0. The van der Waals surface area contributed by atoms with Crippen LogP contribution in [0.1, 0.15) is 17.6 Å². The molecule has 0 aliphatic carbocycles. The van der Waals surface area contributed by atoms with Crippen LogP contribution in [0.4, 0.5) is 0 Å². The number of hydrogen-bond donors (Lipinski definition) is 1. The van der Waals surface area contributed by atoms with Crippen molar-refractivity contribution in [3.63, 3.8) is 0 Å². The molecule has 0 atom stereocenters. The number of rotatable bonds is 5. The molecule has 5 nitrogen and oxygen atoms in total. The van der Waals surface area contributed by atoms with Gasteiger partial charge in [0.25, 0.3) is 0 Å². The maximum atomic E-state index is 12.0. The minimum atomic E-state index is -0.222. The standard InChI is InChI=1S/C14H15N3O2/c1-2-13(18)15-9-5-8-14(19)17-10-16-11-6-3-4-7-12(11)17/h2-4,6-7,10H,1,5,8-9H2,(H,15,18). The van der Waals surface area contributed by atoms with Crippen molar-refractivity contribution in [2.75, 3.05) is 6.54 Å². The van der Waals surface area contributed by atoms with Crippen molar-refractivity contribution in [3.8, 4) is 0 Å². The molecule has 1 aromatic heterocycles. The quantitative estimate of drug-likeness (QED) is 0.655. The fourth-order valence-electron chi connectivity index (χ4n) is 1.80. The summed E-state index contributed by atoms with van der Waals surface area (Å²) in [5.74, 6) is -0.248. The largest absolute Gasteiger partial charge is 0.353 e. The van der Waals surface area contributed by atoms with Gasteiger partial charge in [-0.05, 0) is 24.6 Å². The lowest BCUT2D eigenvalue weighted by Crippen LogP contribution is -2.23.